The van der Waals surface area contributed by atoms with Crippen LogP contribution in [0.15, 0.2) is 12.2 Å². The van der Waals surface area contributed by atoms with Crippen molar-refractivity contribution < 1.29 is 56.8 Å². The van der Waals surface area contributed by atoms with Gasteiger partial charge in [-0.3, -0.25) is 14.1 Å². The summed E-state index contributed by atoms with van der Waals surface area (Å²) in [6, 6.07) is 0. The number of allylic oxidation sites excluding steroid dienone is 2. The maximum Gasteiger partial charge on any atom is 0.306 e. The molecule has 1 fully saturated rings. The molecule has 1 aliphatic heterocycles. The number of carbonyl (C=O) groups is 2. The van der Waals surface area contributed by atoms with Crippen molar-refractivity contribution in [1.29, 1.82) is 0 Å². The predicted molar refractivity (Wildman–Crippen MR) is 238 cm³/mol. The SMILES string of the molecule is CCCCCC/C=C/CCCCCCCCCC(=O)OC[C@H](CO[C@H]1O[C@H](CS(=O)(=O)O)[C@@H](O)C(O)C1O)OC(=O)CCCCCCCCCCCCCCCCCCC. The van der Waals surface area contributed by atoms with Gasteiger partial charge < -0.3 is 34.3 Å². The fourth-order valence-corrected chi connectivity index (χ4v) is 8.25. The van der Waals surface area contributed by atoms with Crippen molar-refractivity contribution in [2.24, 2.45) is 0 Å². The van der Waals surface area contributed by atoms with Crippen molar-refractivity contribution in [3.8, 4) is 0 Å². The summed E-state index contributed by atoms with van der Waals surface area (Å²) in [5.74, 6) is -1.97. The minimum Gasteiger partial charge on any atom is -0.462 e. The van der Waals surface area contributed by atoms with Crippen molar-refractivity contribution in [2.45, 2.75) is 256 Å². The van der Waals surface area contributed by atoms with E-state index in [1.165, 1.54) is 135 Å². The van der Waals surface area contributed by atoms with Gasteiger partial charge in [0.05, 0.1) is 6.61 Å². The third-order valence-electron chi connectivity index (χ3n) is 11.3. The lowest BCUT2D eigenvalue weighted by molar-refractivity contribution is -0.297. The number of hydrogen-bond acceptors (Lipinski definition) is 11. The maximum absolute atomic E-state index is 12.8. The Bertz CT molecular complexity index is 1170. The standard InChI is InChI=1S/C47H88O12S/c1-3-5-7-9-11-13-15-17-19-20-22-24-26-28-30-32-34-36-43(49)58-40(38-57-47-46(52)45(51)44(50)41(59-47)39-60(53,54)55)37-56-42(48)35-33-31-29-27-25-23-21-18-16-14-12-10-8-6-4-2/h14,16,40-41,44-47,50-52H,3-13,15,17-39H2,1-2H3,(H,53,54,55)/b16-14+/t40-,41-,44-,45?,46?,47+/m1/s1. The van der Waals surface area contributed by atoms with Crippen LogP contribution >= 0.6 is 0 Å². The first-order valence-corrected chi connectivity index (χ1v) is 25.9. The molecule has 6 atom stereocenters. The second kappa shape index (κ2) is 37.9. The molecule has 0 aromatic heterocycles. The predicted octanol–water partition coefficient (Wildman–Crippen LogP) is 10.2. The van der Waals surface area contributed by atoms with Crippen molar-refractivity contribution in [1.82, 2.24) is 0 Å². The Labute approximate surface area is 365 Å². The Morgan fingerprint density at radius 1 is 0.550 bits per heavy atom. The molecule has 1 aliphatic rings. The van der Waals surface area contributed by atoms with Crippen LogP contribution in [-0.4, -0.2) is 96.0 Å². The van der Waals surface area contributed by atoms with Gasteiger partial charge >= 0.3 is 11.9 Å². The normalized spacial score (nSPS) is 20.1. The van der Waals surface area contributed by atoms with Crippen molar-refractivity contribution in [2.75, 3.05) is 19.0 Å². The monoisotopic (exact) mass is 877 g/mol. The van der Waals surface area contributed by atoms with E-state index in [1.807, 2.05) is 0 Å². The summed E-state index contributed by atoms with van der Waals surface area (Å²) in [5, 5.41) is 30.9. The Hall–Kier alpha value is -1.61. The summed E-state index contributed by atoms with van der Waals surface area (Å²) >= 11 is 0. The van der Waals surface area contributed by atoms with E-state index in [4.69, 9.17) is 18.9 Å². The number of rotatable bonds is 41. The van der Waals surface area contributed by atoms with E-state index in [0.29, 0.717) is 12.8 Å². The van der Waals surface area contributed by atoms with Crippen LogP contribution in [0.4, 0.5) is 0 Å². The Morgan fingerprint density at radius 3 is 1.40 bits per heavy atom. The highest BCUT2D eigenvalue weighted by Gasteiger charge is 2.46. The van der Waals surface area contributed by atoms with Gasteiger partial charge in [-0.1, -0.05) is 180 Å². The fourth-order valence-electron chi connectivity index (χ4n) is 7.56. The second-order valence-electron chi connectivity index (χ2n) is 17.1. The van der Waals surface area contributed by atoms with Gasteiger partial charge in [-0.05, 0) is 38.5 Å². The molecule has 1 saturated heterocycles. The third-order valence-corrected chi connectivity index (χ3v) is 12.1. The van der Waals surface area contributed by atoms with Crippen LogP contribution < -0.4 is 0 Å². The van der Waals surface area contributed by atoms with Crippen LogP contribution in [0, 0.1) is 0 Å². The molecule has 60 heavy (non-hydrogen) atoms. The molecule has 0 aromatic carbocycles. The molecular formula is C47H88O12S. The third kappa shape index (κ3) is 32.1. The number of hydrogen-bond donors (Lipinski definition) is 4. The van der Waals surface area contributed by atoms with Crippen molar-refractivity contribution in [3.63, 3.8) is 0 Å². The van der Waals surface area contributed by atoms with E-state index < -0.39 is 71.2 Å². The van der Waals surface area contributed by atoms with Crippen LogP contribution in [0.2, 0.25) is 0 Å². The average molecular weight is 877 g/mol. The summed E-state index contributed by atoms with van der Waals surface area (Å²) in [4.78, 5) is 25.4. The Kier molecular flexibility index (Phi) is 35.6. The van der Waals surface area contributed by atoms with Gasteiger partial charge in [0.2, 0.25) is 0 Å². The van der Waals surface area contributed by atoms with E-state index in [0.717, 1.165) is 44.9 Å². The molecule has 2 unspecified atom stereocenters. The van der Waals surface area contributed by atoms with Crippen molar-refractivity contribution >= 4 is 22.1 Å². The summed E-state index contributed by atoms with van der Waals surface area (Å²) in [6.07, 6.45) is 31.1. The highest BCUT2D eigenvalue weighted by atomic mass is 32.2. The first-order chi connectivity index (χ1) is 29.0. The van der Waals surface area contributed by atoms with E-state index in [-0.39, 0.29) is 19.4 Å². The molecule has 0 aliphatic carbocycles. The molecule has 4 N–H and O–H groups in total. The molecule has 0 radical (unpaired) electrons. The van der Waals surface area contributed by atoms with Gasteiger partial charge in [0, 0.05) is 12.8 Å². The van der Waals surface area contributed by atoms with Gasteiger partial charge in [-0.15, -0.1) is 0 Å². The largest absolute Gasteiger partial charge is 0.462 e. The van der Waals surface area contributed by atoms with Crippen LogP contribution in [0.25, 0.3) is 0 Å². The minimum atomic E-state index is -4.60. The molecule has 354 valence electrons. The van der Waals surface area contributed by atoms with Gasteiger partial charge in [-0.2, -0.15) is 8.42 Å². The lowest BCUT2D eigenvalue weighted by Crippen LogP contribution is -2.60. The summed E-state index contributed by atoms with van der Waals surface area (Å²) < 4.78 is 54.1. The molecule has 1 rings (SSSR count). The topological polar surface area (TPSA) is 186 Å². The van der Waals surface area contributed by atoms with E-state index in [1.54, 1.807) is 0 Å². The molecule has 1 heterocycles. The zero-order valence-corrected chi connectivity index (χ0v) is 38.6. The summed E-state index contributed by atoms with van der Waals surface area (Å²) in [6.45, 7) is 3.77. The second-order valence-corrected chi connectivity index (χ2v) is 18.6. The highest BCUT2D eigenvalue weighted by Crippen LogP contribution is 2.24. The van der Waals surface area contributed by atoms with Gasteiger partial charge in [0.15, 0.2) is 12.4 Å². The maximum atomic E-state index is 12.8. The molecule has 0 amide bonds. The number of unbranched alkanes of at least 4 members (excludes halogenated alkanes) is 27. The van der Waals surface area contributed by atoms with Crippen LogP contribution in [-0.2, 0) is 38.7 Å². The molecule has 0 bridgehead atoms. The quantitative estimate of drug-likeness (QED) is 0.0197. The van der Waals surface area contributed by atoms with E-state index >= 15 is 0 Å². The first-order valence-electron chi connectivity index (χ1n) is 24.2. The summed E-state index contributed by atoms with van der Waals surface area (Å²) in [7, 11) is -4.60. The van der Waals surface area contributed by atoms with Gasteiger partial charge in [0.25, 0.3) is 10.1 Å². The van der Waals surface area contributed by atoms with E-state index in [2.05, 4.69) is 26.0 Å². The number of esters is 2. The Balaban J connectivity index is 2.40. The zero-order chi connectivity index (χ0) is 44.1. The van der Waals surface area contributed by atoms with Gasteiger partial charge in [-0.25, -0.2) is 0 Å². The smallest absolute Gasteiger partial charge is 0.306 e. The van der Waals surface area contributed by atoms with Crippen LogP contribution in [0.1, 0.15) is 219 Å². The highest BCUT2D eigenvalue weighted by molar-refractivity contribution is 7.85. The summed E-state index contributed by atoms with van der Waals surface area (Å²) in [5.41, 5.74) is 0. The lowest BCUT2D eigenvalue weighted by Gasteiger charge is -2.40. The van der Waals surface area contributed by atoms with Gasteiger partial charge in [0.1, 0.15) is 36.8 Å². The molecule has 0 saturated carbocycles. The number of carbonyl (C=O) groups excluding carboxylic acids is 2. The number of ether oxygens (including phenoxy) is 4. The molecule has 0 spiro atoms. The molecule has 13 heteroatoms. The van der Waals surface area contributed by atoms with E-state index in [9.17, 15) is 37.9 Å². The van der Waals surface area contributed by atoms with Crippen LogP contribution in [0.3, 0.4) is 0 Å². The first kappa shape index (κ1) is 56.4. The minimum absolute atomic E-state index is 0.169. The zero-order valence-electron chi connectivity index (χ0n) is 37.8. The number of aliphatic hydroxyl groups excluding tert-OH is 3. The lowest BCUT2D eigenvalue weighted by atomic mass is 10.00. The van der Waals surface area contributed by atoms with Crippen LogP contribution in [0.5, 0.6) is 0 Å². The number of aliphatic hydroxyl groups is 3. The van der Waals surface area contributed by atoms with Crippen molar-refractivity contribution in [3.05, 3.63) is 12.2 Å². The molecular weight excluding hydrogens is 789 g/mol. The molecule has 12 nitrogen and oxygen atoms in total. The molecule has 0 aromatic rings. The Morgan fingerprint density at radius 2 is 0.950 bits per heavy atom. The average Bonchev–Trinajstić information content (AvgIpc) is 3.21. The fraction of sp³-hybridized carbons (Fsp3) is 0.915.